The predicted molar refractivity (Wildman–Crippen MR) is 111 cm³/mol. The number of thiophene rings is 1. The van der Waals surface area contributed by atoms with Crippen molar-refractivity contribution in [1.82, 2.24) is 20.3 Å². The van der Waals surface area contributed by atoms with Gasteiger partial charge in [-0.3, -0.25) is 0 Å². The van der Waals surface area contributed by atoms with Gasteiger partial charge in [-0.25, -0.2) is 9.97 Å². The lowest BCUT2D eigenvalue weighted by atomic mass is 10.1. The van der Waals surface area contributed by atoms with Crippen molar-refractivity contribution in [2.24, 2.45) is 0 Å². The molecular weight excluding hydrogens is 358 g/mol. The van der Waals surface area contributed by atoms with Gasteiger partial charge in [0.25, 0.3) is 0 Å². The molecule has 2 N–H and O–H groups in total. The maximum atomic E-state index is 5.54. The Hall–Kier alpha value is -2.48. The fourth-order valence-electron chi connectivity index (χ4n) is 3.62. The fourth-order valence-corrected chi connectivity index (χ4v) is 4.74. The Morgan fingerprint density at radius 1 is 1.22 bits per heavy atom. The summed E-state index contributed by atoms with van der Waals surface area (Å²) in [5, 5.41) is 4.38. The number of anilines is 1. The van der Waals surface area contributed by atoms with Gasteiger partial charge in [0, 0.05) is 47.2 Å². The van der Waals surface area contributed by atoms with Crippen LogP contribution >= 0.6 is 11.3 Å². The molecule has 7 heteroatoms. The molecule has 0 saturated carbocycles. The number of benzene rings is 1. The Morgan fingerprint density at radius 3 is 2.96 bits per heavy atom. The number of rotatable bonds is 4. The summed E-state index contributed by atoms with van der Waals surface area (Å²) < 4.78 is 6.70. The van der Waals surface area contributed by atoms with E-state index in [1.54, 1.807) is 11.3 Å². The molecule has 6 nitrogen and oxygen atoms in total. The van der Waals surface area contributed by atoms with E-state index in [0.29, 0.717) is 0 Å². The average molecular weight is 379 g/mol. The third-order valence-electron chi connectivity index (χ3n) is 4.90. The van der Waals surface area contributed by atoms with Gasteiger partial charge in [-0.1, -0.05) is 12.1 Å². The van der Waals surface area contributed by atoms with Crippen LogP contribution in [-0.2, 0) is 11.3 Å². The summed E-state index contributed by atoms with van der Waals surface area (Å²) in [7, 11) is 1.97. The topological polar surface area (TPSA) is 66.1 Å². The first-order valence-electron chi connectivity index (χ1n) is 9.18. The van der Waals surface area contributed by atoms with Gasteiger partial charge < -0.3 is 19.9 Å². The van der Waals surface area contributed by atoms with Crippen LogP contribution in [0.25, 0.3) is 32.5 Å². The minimum absolute atomic E-state index is 0.739. The SMILES string of the molecule is CNCc1cc2nc(-c3cccc4[nH]ccc34)nc(N3CCOCC3)c2s1. The molecule has 4 heterocycles. The maximum Gasteiger partial charge on any atom is 0.162 e. The molecule has 0 amide bonds. The monoisotopic (exact) mass is 379 g/mol. The second-order valence-corrected chi connectivity index (χ2v) is 7.81. The van der Waals surface area contributed by atoms with Crippen LogP contribution in [0.4, 0.5) is 5.82 Å². The normalized spacial score (nSPS) is 15.1. The minimum atomic E-state index is 0.739. The van der Waals surface area contributed by atoms with Crippen molar-refractivity contribution < 1.29 is 4.74 Å². The summed E-state index contributed by atoms with van der Waals surface area (Å²) in [6.45, 7) is 4.04. The highest BCUT2D eigenvalue weighted by atomic mass is 32.1. The summed E-state index contributed by atoms with van der Waals surface area (Å²) in [5.74, 6) is 1.81. The van der Waals surface area contributed by atoms with Crippen molar-refractivity contribution in [3.63, 3.8) is 0 Å². The van der Waals surface area contributed by atoms with Crippen molar-refractivity contribution in [3.8, 4) is 11.4 Å². The Labute approximate surface area is 161 Å². The molecule has 0 radical (unpaired) electrons. The Morgan fingerprint density at radius 2 is 2.11 bits per heavy atom. The van der Waals surface area contributed by atoms with E-state index in [0.717, 1.165) is 71.2 Å². The molecule has 27 heavy (non-hydrogen) atoms. The van der Waals surface area contributed by atoms with E-state index in [4.69, 9.17) is 14.7 Å². The standard InChI is InChI=1S/C20H21N5OS/c1-21-12-13-11-17-18(27-13)20(25-7-9-26-10-8-25)24-19(23-17)15-3-2-4-16-14(15)5-6-22-16/h2-6,11,21-22H,7-10,12H2,1H3. The van der Waals surface area contributed by atoms with E-state index in [1.807, 2.05) is 13.2 Å². The zero-order valence-electron chi connectivity index (χ0n) is 15.2. The Balaban J connectivity index is 1.71. The molecule has 0 aliphatic carbocycles. The van der Waals surface area contributed by atoms with Gasteiger partial charge in [-0.2, -0.15) is 0 Å². The van der Waals surface area contributed by atoms with Gasteiger partial charge >= 0.3 is 0 Å². The minimum Gasteiger partial charge on any atom is -0.378 e. The van der Waals surface area contributed by atoms with Gasteiger partial charge in [0.1, 0.15) is 0 Å². The second kappa shape index (κ2) is 6.92. The number of morpholine rings is 1. The van der Waals surface area contributed by atoms with E-state index in [-0.39, 0.29) is 0 Å². The van der Waals surface area contributed by atoms with Gasteiger partial charge in [0.05, 0.1) is 23.4 Å². The van der Waals surface area contributed by atoms with E-state index in [1.165, 1.54) is 4.88 Å². The van der Waals surface area contributed by atoms with Crippen molar-refractivity contribution in [2.45, 2.75) is 6.54 Å². The summed E-state index contributed by atoms with van der Waals surface area (Å²) in [6.07, 6.45) is 1.96. The van der Waals surface area contributed by atoms with Gasteiger partial charge in [0.15, 0.2) is 11.6 Å². The summed E-state index contributed by atoms with van der Waals surface area (Å²) >= 11 is 1.78. The highest BCUT2D eigenvalue weighted by Crippen LogP contribution is 2.35. The molecule has 3 aromatic heterocycles. The van der Waals surface area contributed by atoms with Crippen LogP contribution < -0.4 is 10.2 Å². The van der Waals surface area contributed by atoms with E-state index in [9.17, 15) is 0 Å². The summed E-state index contributed by atoms with van der Waals surface area (Å²) in [4.78, 5) is 16.8. The van der Waals surface area contributed by atoms with Crippen LogP contribution in [0.5, 0.6) is 0 Å². The first-order chi connectivity index (χ1) is 13.3. The number of nitrogens with one attached hydrogen (secondary N) is 2. The molecule has 1 aliphatic rings. The number of H-pyrrole nitrogens is 1. The molecule has 0 spiro atoms. The summed E-state index contributed by atoms with van der Waals surface area (Å²) in [6, 6.07) is 10.5. The first kappa shape index (κ1) is 16.7. The lowest BCUT2D eigenvalue weighted by Gasteiger charge is -2.28. The van der Waals surface area contributed by atoms with E-state index in [2.05, 4.69) is 45.5 Å². The van der Waals surface area contributed by atoms with Crippen molar-refractivity contribution in [3.05, 3.63) is 41.4 Å². The van der Waals surface area contributed by atoms with Crippen LogP contribution in [-0.4, -0.2) is 48.3 Å². The smallest absolute Gasteiger partial charge is 0.162 e. The molecule has 1 aromatic carbocycles. The fraction of sp³-hybridized carbons (Fsp3) is 0.300. The molecular formula is C20H21N5OS. The maximum absolute atomic E-state index is 5.54. The third-order valence-corrected chi connectivity index (χ3v) is 6.02. The number of hydrogen-bond donors (Lipinski definition) is 2. The Bertz CT molecular complexity index is 1100. The largest absolute Gasteiger partial charge is 0.378 e. The van der Waals surface area contributed by atoms with Crippen molar-refractivity contribution in [1.29, 1.82) is 0 Å². The van der Waals surface area contributed by atoms with Gasteiger partial charge in [-0.05, 0) is 25.2 Å². The second-order valence-electron chi connectivity index (χ2n) is 6.67. The summed E-state index contributed by atoms with van der Waals surface area (Å²) in [5.41, 5.74) is 3.18. The lowest BCUT2D eigenvalue weighted by molar-refractivity contribution is 0.122. The van der Waals surface area contributed by atoms with E-state index >= 15 is 0 Å². The number of ether oxygens (including phenoxy) is 1. The quantitative estimate of drug-likeness (QED) is 0.569. The molecule has 5 rings (SSSR count). The molecule has 0 bridgehead atoms. The molecule has 1 aliphatic heterocycles. The van der Waals surface area contributed by atoms with Crippen LogP contribution in [0.3, 0.4) is 0 Å². The van der Waals surface area contributed by atoms with E-state index < -0.39 is 0 Å². The zero-order chi connectivity index (χ0) is 18.2. The number of fused-ring (bicyclic) bond motifs is 2. The molecule has 4 aromatic rings. The highest BCUT2D eigenvalue weighted by molar-refractivity contribution is 7.19. The van der Waals surface area contributed by atoms with Crippen molar-refractivity contribution >= 4 is 38.3 Å². The number of aromatic nitrogens is 3. The zero-order valence-corrected chi connectivity index (χ0v) is 16.0. The number of nitrogens with zero attached hydrogens (tertiary/aromatic N) is 3. The third kappa shape index (κ3) is 2.97. The lowest BCUT2D eigenvalue weighted by Crippen LogP contribution is -2.36. The molecule has 0 atom stereocenters. The average Bonchev–Trinajstić information content (AvgIpc) is 3.34. The first-order valence-corrected chi connectivity index (χ1v) is 9.99. The molecule has 0 unspecified atom stereocenters. The van der Waals surface area contributed by atoms with Gasteiger partial charge in [-0.15, -0.1) is 11.3 Å². The number of aromatic amines is 1. The van der Waals surface area contributed by atoms with Crippen LogP contribution in [0.15, 0.2) is 36.5 Å². The Kier molecular flexibility index (Phi) is 4.27. The predicted octanol–water partition coefficient (Wildman–Crippen LogP) is 3.40. The molecule has 1 saturated heterocycles. The molecule has 1 fully saturated rings. The molecule has 138 valence electrons. The van der Waals surface area contributed by atoms with Crippen LogP contribution in [0.2, 0.25) is 0 Å². The van der Waals surface area contributed by atoms with Gasteiger partial charge in [0.2, 0.25) is 0 Å². The number of hydrogen-bond acceptors (Lipinski definition) is 6. The van der Waals surface area contributed by atoms with Crippen LogP contribution in [0.1, 0.15) is 4.88 Å². The van der Waals surface area contributed by atoms with Crippen molar-refractivity contribution in [2.75, 3.05) is 38.3 Å². The highest BCUT2D eigenvalue weighted by Gasteiger charge is 2.20. The van der Waals surface area contributed by atoms with Crippen LogP contribution in [0, 0.1) is 0 Å².